The van der Waals surface area contributed by atoms with Crippen molar-refractivity contribution < 1.29 is 9.13 Å². The van der Waals surface area contributed by atoms with E-state index in [9.17, 15) is 0 Å². The second-order valence-electron chi connectivity index (χ2n) is 13.9. The van der Waals surface area contributed by atoms with Gasteiger partial charge in [-0.1, -0.05) is 158 Å². The van der Waals surface area contributed by atoms with Crippen LogP contribution in [0.25, 0.3) is 49.3 Å². The molecular weight excluding hydrogens is 698 g/mol. The van der Waals surface area contributed by atoms with Crippen LogP contribution in [-0.4, -0.2) is 14.6 Å². The monoisotopic (exact) mass is 734 g/mol. The molecule has 54 heavy (non-hydrogen) atoms. The first kappa shape index (κ1) is 32.7. The fourth-order valence-electron chi connectivity index (χ4n) is 8.60. The Morgan fingerprint density at radius 2 is 0.889 bits per heavy atom. The predicted octanol–water partition coefficient (Wildman–Crippen LogP) is 10.9. The largest absolute Gasteiger partial charge is 0.313 e. The van der Waals surface area contributed by atoms with Crippen LogP contribution in [0.4, 0.5) is 0 Å². The minimum Gasteiger partial charge on any atom is -0.313 e. The van der Waals surface area contributed by atoms with Crippen molar-refractivity contribution in [2.75, 3.05) is 0 Å². The highest BCUT2D eigenvalue weighted by Crippen LogP contribution is 2.55. The van der Waals surface area contributed by atoms with Crippen molar-refractivity contribution in [1.29, 1.82) is 0 Å². The van der Waals surface area contributed by atoms with Crippen molar-refractivity contribution >= 4 is 85.0 Å². The van der Waals surface area contributed by atoms with Crippen LogP contribution in [0.2, 0.25) is 0 Å². The summed E-state index contributed by atoms with van der Waals surface area (Å²) in [5, 5.41) is 7.52. The van der Waals surface area contributed by atoms with Crippen LogP contribution < -0.4 is 21.2 Å². The molecule has 0 saturated heterocycles. The maximum Gasteiger partial charge on any atom is 0.234 e. The van der Waals surface area contributed by atoms with Gasteiger partial charge in [-0.3, -0.25) is 8.90 Å². The molecule has 0 bridgehead atoms. The Hall–Kier alpha value is -5.92. The van der Waals surface area contributed by atoms with E-state index >= 15 is 9.13 Å². The number of allylic oxidation sites excluding steroid dienone is 4. The maximum atomic E-state index is 16.4. The summed E-state index contributed by atoms with van der Waals surface area (Å²) in [5.74, 6) is 0. The van der Waals surface area contributed by atoms with Crippen LogP contribution in [0.5, 0.6) is 0 Å². The predicted molar refractivity (Wildman–Crippen MR) is 229 cm³/mol. The van der Waals surface area contributed by atoms with Gasteiger partial charge < -0.3 is 9.13 Å². The Bertz CT molecular complexity index is 2930. The number of benzene rings is 7. The molecule has 0 aliphatic heterocycles. The minimum absolute atomic E-state index is 0.275. The summed E-state index contributed by atoms with van der Waals surface area (Å²) in [6.45, 7) is 0. The average molecular weight is 735 g/mol. The second-order valence-corrected chi connectivity index (χ2v) is 19.5. The molecule has 2 heterocycles. The zero-order chi connectivity index (χ0) is 36.3. The molecule has 9 aromatic rings. The molecule has 0 radical (unpaired) electrons. The number of hydrogen-bond donors (Lipinski definition) is 0. The van der Waals surface area contributed by atoms with Crippen molar-refractivity contribution in [3.63, 3.8) is 0 Å². The highest BCUT2D eigenvalue weighted by atomic mass is 31.2. The molecule has 0 N–H and O–H groups in total. The molecular formula is C48H36N2O2P2. The molecule has 1 unspecified atom stereocenters. The smallest absolute Gasteiger partial charge is 0.234 e. The van der Waals surface area contributed by atoms with Crippen LogP contribution in [0.1, 0.15) is 6.42 Å². The third-order valence-electron chi connectivity index (χ3n) is 11.0. The summed E-state index contributed by atoms with van der Waals surface area (Å²) in [5.41, 5.74) is 4.65. The van der Waals surface area contributed by atoms with Crippen LogP contribution >= 0.6 is 14.4 Å². The number of hydrogen-bond acceptors (Lipinski definition) is 2. The molecule has 1 aliphatic carbocycles. The summed E-state index contributed by atoms with van der Waals surface area (Å²) in [6, 6.07) is 61.0. The van der Waals surface area contributed by atoms with Crippen molar-refractivity contribution in [3.05, 3.63) is 200 Å². The van der Waals surface area contributed by atoms with Crippen molar-refractivity contribution in [3.8, 4) is 0 Å². The topological polar surface area (TPSA) is 44.0 Å². The first-order valence-corrected chi connectivity index (χ1v) is 21.8. The van der Waals surface area contributed by atoms with Gasteiger partial charge in [0.2, 0.25) is 7.29 Å². The van der Waals surface area contributed by atoms with Crippen LogP contribution in [0.15, 0.2) is 200 Å². The lowest BCUT2D eigenvalue weighted by molar-refractivity contribution is 0.582. The summed E-state index contributed by atoms with van der Waals surface area (Å²) in [6.07, 6.45) is 6.93. The normalized spacial score (nSPS) is 15.0. The van der Waals surface area contributed by atoms with Gasteiger partial charge in [-0.15, -0.1) is 0 Å². The molecule has 0 amide bonds. The summed E-state index contributed by atoms with van der Waals surface area (Å²) in [4.78, 5) is 0. The fraction of sp³-hybridized carbons (Fsp3) is 0.0417. The van der Waals surface area contributed by atoms with Gasteiger partial charge in [-0.05, 0) is 42.5 Å². The maximum absolute atomic E-state index is 16.4. The molecule has 260 valence electrons. The summed E-state index contributed by atoms with van der Waals surface area (Å²) < 4.78 is 36.7. The molecule has 10 rings (SSSR count). The average Bonchev–Trinajstić information content (AvgIpc) is 3.78. The van der Waals surface area contributed by atoms with E-state index in [4.69, 9.17) is 0 Å². The first-order valence-electron chi connectivity index (χ1n) is 18.3. The third kappa shape index (κ3) is 4.84. The zero-order valence-corrected chi connectivity index (χ0v) is 31.2. The molecule has 6 heteroatoms. The molecule has 1 aliphatic rings. The Morgan fingerprint density at radius 1 is 0.444 bits per heavy atom. The van der Waals surface area contributed by atoms with Crippen LogP contribution in [-0.2, 0) is 9.13 Å². The molecule has 4 nitrogen and oxygen atoms in total. The van der Waals surface area contributed by atoms with E-state index in [0.717, 1.165) is 70.5 Å². The van der Waals surface area contributed by atoms with E-state index in [1.807, 2.05) is 127 Å². The van der Waals surface area contributed by atoms with Crippen molar-refractivity contribution in [1.82, 2.24) is 8.90 Å². The number of para-hydroxylation sites is 2. The number of aromatic nitrogens is 2. The van der Waals surface area contributed by atoms with Crippen molar-refractivity contribution in [2.45, 2.75) is 12.1 Å². The highest BCUT2D eigenvalue weighted by Gasteiger charge is 2.38. The van der Waals surface area contributed by atoms with E-state index in [-0.39, 0.29) is 5.66 Å². The minimum atomic E-state index is -3.52. The molecule has 7 aromatic carbocycles. The molecule has 0 fully saturated rings. The highest BCUT2D eigenvalue weighted by molar-refractivity contribution is 7.79. The summed E-state index contributed by atoms with van der Waals surface area (Å²) >= 11 is 0. The van der Waals surface area contributed by atoms with E-state index in [1.54, 1.807) is 0 Å². The van der Waals surface area contributed by atoms with Crippen LogP contribution in [0.3, 0.4) is 0 Å². The molecule has 2 aromatic heterocycles. The van der Waals surface area contributed by atoms with E-state index in [0.29, 0.717) is 6.42 Å². The lowest BCUT2D eigenvalue weighted by Crippen LogP contribution is -2.26. The lowest BCUT2D eigenvalue weighted by Gasteiger charge is -2.30. The quantitative estimate of drug-likeness (QED) is 0.153. The third-order valence-corrected chi connectivity index (χ3v) is 17.4. The van der Waals surface area contributed by atoms with E-state index in [2.05, 4.69) is 81.7 Å². The Labute approximate surface area is 314 Å². The van der Waals surface area contributed by atoms with Gasteiger partial charge in [0.25, 0.3) is 0 Å². The molecule has 0 spiro atoms. The number of nitrogens with zero attached hydrogens (tertiary/aromatic N) is 2. The fourth-order valence-corrected chi connectivity index (χ4v) is 14.6. The molecule has 1 atom stereocenters. The van der Waals surface area contributed by atoms with Gasteiger partial charge in [0.1, 0.15) is 7.14 Å². The van der Waals surface area contributed by atoms with Crippen molar-refractivity contribution in [2.24, 2.45) is 0 Å². The zero-order valence-electron chi connectivity index (χ0n) is 29.4. The Morgan fingerprint density at radius 3 is 1.44 bits per heavy atom. The first-order chi connectivity index (χ1) is 26.6. The number of rotatable bonds is 7. The summed E-state index contributed by atoms with van der Waals surface area (Å²) in [7, 11) is -6.66. The standard InChI is InChI=1S/C48H36N2O2P2/c51-53(36-19-5-1-6-20-36,37-21-7-2-8-22-37)40-27-17-18-35(34-40)49-45-30-15-13-28-41(45)43-32-33-44-42-29-14-16-31-46(42)50(48(44)47(43)49)54(52,38-23-9-3-10-24-38)39-25-11-4-12-26-39/h1-33,40H,34H2. The Kier molecular flexibility index (Phi) is 7.81. The lowest BCUT2D eigenvalue weighted by atomic mass is 10.1. The number of fused-ring (bicyclic) bond motifs is 7. The van der Waals surface area contributed by atoms with Gasteiger partial charge in [-0.25, -0.2) is 0 Å². The molecule has 0 saturated carbocycles. The second kappa shape index (κ2) is 12.9. The Balaban J connectivity index is 1.30. The van der Waals surface area contributed by atoms with E-state index < -0.39 is 14.4 Å². The van der Waals surface area contributed by atoms with Gasteiger partial charge >= 0.3 is 0 Å². The van der Waals surface area contributed by atoms with Gasteiger partial charge in [-0.2, -0.15) is 0 Å². The van der Waals surface area contributed by atoms with E-state index in [1.165, 1.54) is 0 Å². The van der Waals surface area contributed by atoms with Gasteiger partial charge in [0.15, 0.2) is 0 Å². The van der Waals surface area contributed by atoms with Crippen LogP contribution in [0, 0.1) is 0 Å². The van der Waals surface area contributed by atoms with Gasteiger partial charge in [0, 0.05) is 60.5 Å². The SMILES string of the molecule is O=P(c1ccccc1)(c1ccccc1)C1C=CC=C(n2c3ccccc3c3ccc4c5ccccc5n(P(=O)(c5ccccc5)c5ccccc5)c4c32)C1. The van der Waals surface area contributed by atoms with Gasteiger partial charge in [0.05, 0.1) is 22.1 Å².